The van der Waals surface area contributed by atoms with E-state index in [0.29, 0.717) is 0 Å². The van der Waals surface area contributed by atoms with Gasteiger partial charge in [-0.15, -0.1) is 0 Å². The molecule has 1 aliphatic carbocycles. The molecule has 1 heteroatoms. The molecule has 0 saturated heterocycles. The summed E-state index contributed by atoms with van der Waals surface area (Å²) in [5.74, 6) is 2.57. The van der Waals surface area contributed by atoms with Crippen molar-refractivity contribution in [3.05, 3.63) is 11.5 Å². The molecule has 0 saturated carbocycles. The lowest BCUT2D eigenvalue weighted by Crippen LogP contribution is -1.69. The Bertz CT molecular complexity index is 101. The van der Waals surface area contributed by atoms with E-state index in [4.69, 9.17) is 4.74 Å². The summed E-state index contributed by atoms with van der Waals surface area (Å²) in [6.07, 6.45) is 3.77. The third kappa shape index (κ3) is 0.171. The molecule has 0 aromatic rings. The van der Waals surface area contributed by atoms with E-state index < -0.39 is 0 Å². The second-order valence-corrected chi connectivity index (χ2v) is 1.80. The summed E-state index contributed by atoms with van der Waals surface area (Å²) in [4.78, 5) is 0. The zero-order chi connectivity index (χ0) is 3.98. The van der Waals surface area contributed by atoms with E-state index in [1.54, 1.807) is 0 Å². The molecule has 0 fully saturated rings. The molecule has 0 aromatic heterocycles. The molecular formula is C5H6O. The molecule has 0 spiro atoms. The summed E-state index contributed by atoms with van der Waals surface area (Å²) in [6.45, 7) is 0. The first-order valence-electron chi connectivity index (χ1n) is 2.37. The predicted molar refractivity (Wildman–Crippen MR) is 22.0 cm³/mol. The van der Waals surface area contributed by atoms with E-state index in [1.165, 1.54) is 30.8 Å². The summed E-state index contributed by atoms with van der Waals surface area (Å²) >= 11 is 0. The number of hydrogen-bond acceptors (Lipinski definition) is 1. The minimum Gasteiger partial charge on any atom is -0.459 e. The van der Waals surface area contributed by atoms with Crippen LogP contribution in [0, 0.1) is 0 Å². The third-order valence-corrected chi connectivity index (χ3v) is 1.32. The summed E-state index contributed by atoms with van der Waals surface area (Å²) in [7, 11) is 0. The standard InChI is InChI=1S/C5H6O/c1-2-4-5(3-1)6-4/h1-3H2. The van der Waals surface area contributed by atoms with Crippen LogP contribution in [0.15, 0.2) is 11.5 Å². The lowest BCUT2D eigenvalue weighted by Gasteiger charge is -1.86. The maximum atomic E-state index is 4.99. The highest BCUT2D eigenvalue weighted by Gasteiger charge is 2.29. The Labute approximate surface area is 36.6 Å². The van der Waals surface area contributed by atoms with Gasteiger partial charge in [0.1, 0.15) is 11.5 Å². The second kappa shape index (κ2) is 0.625. The van der Waals surface area contributed by atoms with Crippen molar-refractivity contribution >= 4 is 0 Å². The van der Waals surface area contributed by atoms with Crippen molar-refractivity contribution in [1.29, 1.82) is 0 Å². The molecule has 2 aliphatic rings. The SMILES string of the molecule is C1CC2=C(C1)O2. The van der Waals surface area contributed by atoms with Crippen LogP contribution in [0.4, 0.5) is 0 Å². The Morgan fingerprint density at radius 2 is 1.83 bits per heavy atom. The fourth-order valence-electron chi connectivity index (χ4n) is 0.914. The molecule has 0 bridgehead atoms. The lowest BCUT2D eigenvalue weighted by molar-refractivity contribution is 0.406. The van der Waals surface area contributed by atoms with Crippen molar-refractivity contribution in [1.82, 2.24) is 0 Å². The molecular weight excluding hydrogens is 76.1 g/mol. The number of hydrogen-bond donors (Lipinski definition) is 0. The Morgan fingerprint density at radius 3 is 2.00 bits per heavy atom. The van der Waals surface area contributed by atoms with Crippen molar-refractivity contribution in [2.75, 3.05) is 0 Å². The quantitative estimate of drug-likeness (QED) is 0.430. The van der Waals surface area contributed by atoms with Gasteiger partial charge in [-0.2, -0.15) is 0 Å². The molecule has 1 nitrogen and oxygen atoms in total. The Morgan fingerprint density at radius 1 is 1.17 bits per heavy atom. The normalized spacial score (nSPS) is 26.7. The smallest absolute Gasteiger partial charge is 0.142 e. The van der Waals surface area contributed by atoms with Gasteiger partial charge in [0.05, 0.1) is 0 Å². The van der Waals surface area contributed by atoms with Crippen LogP contribution in [-0.2, 0) is 4.74 Å². The number of rotatable bonds is 0. The molecule has 0 amide bonds. The van der Waals surface area contributed by atoms with Crippen LogP contribution in [0.5, 0.6) is 0 Å². The van der Waals surface area contributed by atoms with Crippen molar-refractivity contribution < 1.29 is 4.74 Å². The van der Waals surface area contributed by atoms with Gasteiger partial charge in [0.15, 0.2) is 0 Å². The molecule has 0 aromatic carbocycles. The molecule has 1 aliphatic heterocycles. The highest BCUT2D eigenvalue weighted by Crippen LogP contribution is 2.40. The predicted octanol–water partition coefficient (Wildman–Crippen LogP) is 1.41. The van der Waals surface area contributed by atoms with E-state index in [-0.39, 0.29) is 0 Å². The van der Waals surface area contributed by atoms with Gasteiger partial charge in [0.25, 0.3) is 0 Å². The van der Waals surface area contributed by atoms with Gasteiger partial charge in [0.2, 0.25) is 0 Å². The van der Waals surface area contributed by atoms with Gasteiger partial charge in [-0.3, -0.25) is 0 Å². The molecule has 0 atom stereocenters. The van der Waals surface area contributed by atoms with Gasteiger partial charge in [-0.25, -0.2) is 0 Å². The topological polar surface area (TPSA) is 12.5 Å². The van der Waals surface area contributed by atoms with Crippen molar-refractivity contribution in [3.63, 3.8) is 0 Å². The zero-order valence-corrected chi connectivity index (χ0v) is 3.53. The minimum atomic E-state index is 1.22. The fourth-order valence-corrected chi connectivity index (χ4v) is 0.914. The first-order valence-corrected chi connectivity index (χ1v) is 2.37. The van der Waals surface area contributed by atoms with Gasteiger partial charge < -0.3 is 4.74 Å². The van der Waals surface area contributed by atoms with Crippen LogP contribution in [0.1, 0.15) is 19.3 Å². The first kappa shape index (κ1) is 2.67. The van der Waals surface area contributed by atoms with Crippen LogP contribution in [0.2, 0.25) is 0 Å². The number of ether oxygens (including phenoxy) is 1. The highest BCUT2D eigenvalue weighted by atomic mass is 16.6. The third-order valence-electron chi connectivity index (χ3n) is 1.32. The minimum absolute atomic E-state index is 1.22. The Hall–Kier alpha value is -0.460. The Balaban J connectivity index is 2.29. The number of allylic oxidation sites excluding steroid dienone is 2. The van der Waals surface area contributed by atoms with Gasteiger partial charge in [-0.1, -0.05) is 0 Å². The van der Waals surface area contributed by atoms with E-state index >= 15 is 0 Å². The first-order chi connectivity index (χ1) is 2.97. The average Bonchev–Trinajstić information content (AvgIpc) is 2.17. The lowest BCUT2D eigenvalue weighted by atomic mass is 10.3. The zero-order valence-electron chi connectivity index (χ0n) is 3.53. The van der Waals surface area contributed by atoms with Gasteiger partial charge in [0, 0.05) is 12.8 Å². The van der Waals surface area contributed by atoms with E-state index in [1.807, 2.05) is 0 Å². The maximum absolute atomic E-state index is 4.99. The van der Waals surface area contributed by atoms with Crippen molar-refractivity contribution in [2.24, 2.45) is 0 Å². The van der Waals surface area contributed by atoms with E-state index in [2.05, 4.69) is 0 Å². The summed E-state index contributed by atoms with van der Waals surface area (Å²) in [6, 6.07) is 0. The van der Waals surface area contributed by atoms with E-state index in [9.17, 15) is 0 Å². The van der Waals surface area contributed by atoms with Crippen LogP contribution in [0.25, 0.3) is 0 Å². The largest absolute Gasteiger partial charge is 0.459 e. The van der Waals surface area contributed by atoms with Crippen molar-refractivity contribution in [3.8, 4) is 0 Å². The molecule has 1 heterocycles. The molecule has 32 valence electrons. The molecule has 0 unspecified atom stereocenters. The molecule has 0 radical (unpaired) electrons. The summed E-state index contributed by atoms with van der Waals surface area (Å²) in [5.41, 5.74) is 0. The monoisotopic (exact) mass is 82.0 g/mol. The highest BCUT2D eigenvalue weighted by molar-refractivity contribution is 5.21. The van der Waals surface area contributed by atoms with Gasteiger partial charge >= 0.3 is 0 Å². The summed E-state index contributed by atoms with van der Waals surface area (Å²) in [5, 5.41) is 0. The Kier molecular flexibility index (Phi) is 0.278. The van der Waals surface area contributed by atoms with Crippen LogP contribution in [-0.4, -0.2) is 0 Å². The van der Waals surface area contributed by atoms with Crippen LogP contribution in [0.3, 0.4) is 0 Å². The molecule has 2 rings (SSSR count). The summed E-state index contributed by atoms with van der Waals surface area (Å²) < 4.78 is 4.99. The van der Waals surface area contributed by atoms with Crippen LogP contribution < -0.4 is 0 Å². The fraction of sp³-hybridized carbons (Fsp3) is 0.600. The maximum Gasteiger partial charge on any atom is 0.142 e. The average molecular weight is 82.1 g/mol. The van der Waals surface area contributed by atoms with Crippen LogP contribution >= 0.6 is 0 Å². The van der Waals surface area contributed by atoms with Gasteiger partial charge in [-0.05, 0) is 6.42 Å². The molecule has 0 N–H and O–H groups in total. The van der Waals surface area contributed by atoms with Crippen molar-refractivity contribution in [2.45, 2.75) is 19.3 Å². The van der Waals surface area contributed by atoms with E-state index in [0.717, 1.165) is 0 Å². The second-order valence-electron chi connectivity index (χ2n) is 1.80. The molecule has 6 heavy (non-hydrogen) atoms.